The van der Waals surface area contributed by atoms with Gasteiger partial charge >= 0.3 is 0 Å². The number of nitrogens with one attached hydrogen (secondary N) is 1. The van der Waals surface area contributed by atoms with E-state index in [0.29, 0.717) is 18.6 Å². The third kappa shape index (κ3) is 5.41. The van der Waals surface area contributed by atoms with Gasteiger partial charge in [-0.1, -0.05) is 42.0 Å². The van der Waals surface area contributed by atoms with E-state index in [9.17, 15) is 13.7 Å². The zero-order valence-electron chi connectivity index (χ0n) is 19.4. The molecule has 0 aliphatic carbocycles. The van der Waals surface area contributed by atoms with E-state index in [2.05, 4.69) is 47.5 Å². The third-order valence-electron chi connectivity index (χ3n) is 6.30. The van der Waals surface area contributed by atoms with Crippen LogP contribution in [0, 0.1) is 18.3 Å². The minimum atomic E-state index is -3.73. The van der Waals surface area contributed by atoms with Gasteiger partial charge in [-0.05, 0) is 42.2 Å². The van der Waals surface area contributed by atoms with Gasteiger partial charge in [-0.2, -0.15) is 5.26 Å². The second-order valence-corrected chi connectivity index (χ2v) is 11.6. The van der Waals surface area contributed by atoms with Crippen LogP contribution >= 0.6 is 11.3 Å². The molecular formula is C26H26N4O3S2. The third-order valence-corrected chi connectivity index (χ3v) is 8.36. The number of anilines is 1. The lowest BCUT2D eigenvalue weighted by Gasteiger charge is -2.26. The van der Waals surface area contributed by atoms with Gasteiger partial charge in [0.25, 0.3) is 0 Å². The van der Waals surface area contributed by atoms with Gasteiger partial charge in [0.2, 0.25) is 10.0 Å². The van der Waals surface area contributed by atoms with Crippen LogP contribution in [-0.2, 0) is 40.7 Å². The van der Waals surface area contributed by atoms with Gasteiger partial charge in [0.15, 0.2) is 5.76 Å². The Morgan fingerprint density at radius 3 is 2.49 bits per heavy atom. The van der Waals surface area contributed by atoms with Gasteiger partial charge < -0.3 is 10.1 Å². The fourth-order valence-corrected chi connectivity index (χ4v) is 6.09. The number of nitrogens with zero attached hydrogens (tertiary/aromatic N) is 2. The second-order valence-electron chi connectivity index (χ2n) is 8.95. The fourth-order valence-electron chi connectivity index (χ4n) is 4.31. The Morgan fingerprint density at radius 1 is 1.17 bits per heavy atom. The van der Waals surface area contributed by atoms with Crippen molar-refractivity contribution in [2.45, 2.75) is 37.8 Å². The summed E-state index contributed by atoms with van der Waals surface area (Å²) < 4.78 is 28.5. The maximum absolute atomic E-state index is 11.5. The highest BCUT2D eigenvalue weighted by Gasteiger charge is 2.27. The second kappa shape index (κ2) is 9.47. The molecule has 0 atom stereocenters. The molecule has 0 spiro atoms. The molecule has 3 N–H and O–H groups in total. The molecule has 0 saturated carbocycles. The molecule has 0 unspecified atom stereocenters. The Balaban J connectivity index is 1.33. The van der Waals surface area contributed by atoms with Gasteiger partial charge in [0.1, 0.15) is 17.7 Å². The summed E-state index contributed by atoms with van der Waals surface area (Å²) in [4.78, 5) is 3.73. The number of nitrogens with two attached hydrogens (primary N) is 1. The van der Waals surface area contributed by atoms with E-state index in [1.54, 1.807) is 23.5 Å². The molecule has 3 heterocycles. The molecule has 1 saturated heterocycles. The maximum atomic E-state index is 11.5. The van der Waals surface area contributed by atoms with Gasteiger partial charge in [0.05, 0.1) is 16.2 Å². The number of primary sulfonamides is 1. The van der Waals surface area contributed by atoms with Crippen LogP contribution in [0.1, 0.15) is 32.7 Å². The topological polar surface area (TPSA) is 112 Å². The highest BCUT2D eigenvalue weighted by atomic mass is 32.2. The fraction of sp³-hybridized carbons (Fsp3) is 0.269. The van der Waals surface area contributed by atoms with Crippen molar-refractivity contribution in [2.75, 3.05) is 18.5 Å². The number of allylic oxidation sites excluding steroid dienone is 1. The number of thiophene rings is 1. The van der Waals surface area contributed by atoms with Crippen LogP contribution < -0.4 is 10.5 Å². The number of sulfonamides is 1. The first kappa shape index (κ1) is 23.6. The summed E-state index contributed by atoms with van der Waals surface area (Å²) in [5.74, 6) is 0.858. The molecule has 0 radical (unpaired) electrons. The van der Waals surface area contributed by atoms with E-state index in [4.69, 9.17) is 9.88 Å². The summed E-state index contributed by atoms with van der Waals surface area (Å²) in [5, 5.41) is 19.5. The summed E-state index contributed by atoms with van der Waals surface area (Å²) in [6, 6.07) is 17.6. The number of benzene rings is 2. The van der Waals surface area contributed by atoms with E-state index in [1.165, 1.54) is 28.1 Å². The monoisotopic (exact) mass is 506 g/mol. The van der Waals surface area contributed by atoms with Gasteiger partial charge in [-0.25, -0.2) is 13.6 Å². The molecule has 2 aliphatic rings. The average Bonchev–Trinajstić information content (AvgIpc) is 3.62. The number of rotatable bonds is 7. The average molecular weight is 507 g/mol. The van der Waals surface area contributed by atoms with Crippen molar-refractivity contribution < 1.29 is 13.2 Å². The van der Waals surface area contributed by atoms with Crippen LogP contribution in [0.2, 0.25) is 0 Å². The Hall–Kier alpha value is -3.16. The first-order valence-corrected chi connectivity index (χ1v) is 13.7. The molecule has 7 nitrogen and oxygen atoms in total. The number of hydrogen-bond donors (Lipinski definition) is 2. The molecule has 3 aromatic rings. The number of fused-ring (bicyclic) bond motifs is 1. The molecule has 0 amide bonds. The molecule has 180 valence electrons. The van der Waals surface area contributed by atoms with Crippen LogP contribution in [0.5, 0.6) is 0 Å². The normalized spacial score (nSPS) is 16.7. The molecular weight excluding hydrogens is 480 g/mol. The van der Waals surface area contributed by atoms with E-state index >= 15 is 0 Å². The number of nitriles is 1. The van der Waals surface area contributed by atoms with Gasteiger partial charge in [-0.3, -0.25) is 4.90 Å². The van der Waals surface area contributed by atoms with Crippen molar-refractivity contribution in [3.8, 4) is 6.07 Å². The Labute approximate surface area is 209 Å². The standard InChI is InChI=1S/C26H26N4O3S2/c1-17-2-4-19(5-3-17)14-30-11-10-21-22(13-27)26(34-25(21)15-30)29-23(24-16-33-24)12-18-6-8-20(9-7-18)35(28,31)32/h2-9,29H,10-12,14-16H2,1H3,(H2,28,31,32)/b24-23-. The summed E-state index contributed by atoms with van der Waals surface area (Å²) in [5.41, 5.74) is 6.21. The molecule has 35 heavy (non-hydrogen) atoms. The van der Waals surface area contributed by atoms with E-state index < -0.39 is 10.0 Å². The van der Waals surface area contributed by atoms with Crippen LogP contribution in [0.15, 0.2) is 64.9 Å². The molecule has 1 fully saturated rings. The zero-order valence-corrected chi connectivity index (χ0v) is 21.0. The van der Waals surface area contributed by atoms with Crippen LogP contribution in [0.4, 0.5) is 5.00 Å². The number of epoxide rings is 1. The SMILES string of the molecule is Cc1ccc(CN2CCc3c(sc(N/C(Cc4ccc(S(N)(=O)=O)cc4)=C4/CO4)c3C#N)C2)cc1. The maximum Gasteiger partial charge on any atom is 0.238 e. The molecule has 5 rings (SSSR count). The number of aryl methyl sites for hydroxylation is 1. The summed E-state index contributed by atoms with van der Waals surface area (Å²) in [6.45, 7) is 5.27. The predicted molar refractivity (Wildman–Crippen MR) is 136 cm³/mol. The van der Waals surface area contributed by atoms with Crippen molar-refractivity contribution in [1.82, 2.24) is 4.90 Å². The first-order valence-electron chi connectivity index (χ1n) is 11.4. The molecule has 0 bridgehead atoms. The van der Waals surface area contributed by atoms with Crippen LogP contribution in [-0.4, -0.2) is 26.5 Å². The van der Waals surface area contributed by atoms with Gasteiger partial charge in [-0.15, -0.1) is 11.3 Å². The first-order chi connectivity index (χ1) is 16.8. The molecule has 2 aliphatic heterocycles. The quantitative estimate of drug-likeness (QED) is 0.468. The van der Waals surface area contributed by atoms with Crippen molar-refractivity contribution in [1.29, 1.82) is 5.26 Å². The van der Waals surface area contributed by atoms with E-state index in [-0.39, 0.29) is 4.90 Å². The van der Waals surface area contributed by atoms with Crippen molar-refractivity contribution in [3.63, 3.8) is 0 Å². The Bertz CT molecular complexity index is 1430. The van der Waals surface area contributed by atoms with Crippen molar-refractivity contribution in [3.05, 3.63) is 92.7 Å². The molecule has 9 heteroatoms. The zero-order chi connectivity index (χ0) is 24.6. The Kier molecular flexibility index (Phi) is 6.38. The van der Waals surface area contributed by atoms with E-state index in [1.807, 2.05) is 0 Å². The van der Waals surface area contributed by atoms with Crippen molar-refractivity contribution >= 4 is 26.4 Å². The minimum Gasteiger partial charge on any atom is -0.484 e. The smallest absolute Gasteiger partial charge is 0.238 e. The van der Waals surface area contributed by atoms with Crippen molar-refractivity contribution in [2.24, 2.45) is 5.14 Å². The molecule has 2 aromatic carbocycles. The predicted octanol–water partition coefficient (Wildman–Crippen LogP) is 4.03. The van der Waals surface area contributed by atoms with E-state index in [0.717, 1.165) is 53.6 Å². The van der Waals surface area contributed by atoms with Crippen LogP contribution in [0.3, 0.4) is 0 Å². The lowest BCUT2D eigenvalue weighted by Crippen LogP contribution is -2.29. The summed E-state index contributed by atoms with van der Waals surface area (Å²) in [6.07, 6.45) is 1.38. The highest BCUT2D eigenvalue weighted by Crippen LogP contribution is 2.39. The lowest BCUT2D eigenvalue weighted by atomic mass is 10.0. The lowest BCUT2D eigenvalue weighted by molar-refractivity contribution is 0.249. The summed E-state index contributed by atoms with van der Waals surface area (Å²) in [7, 11) is -3.73. The minimum absolute atomic E-state index is 0.0824. The number of hydrogen-bond acceptors (Lipinski definition) is 7. The summed E-state index contributed by atoms with van der Waals surface area (Å²) >= 11 is 1.63. The van der Waals surface area contributed by atoms with Gasteiger partial charge in [0, 0.05) is 30.9 Å². The molecule has 1 aromatic heterocycles. The number of ether oxygens (including phenoxy) is 1. The highest BCUT2D eigenvalue weighted by molar-refractivity contribution is 7.89. The largest absolute Gasteiger partial charge is 0.484 e. The Morgan fingerprint density at radius 2 is 1.86 bits per heavy atom. The van der Waals surface area contributed by atoms with Crippen LogP contribution in [0.25, 0.3) is 0 Å².